The molecule has 34 heavy (non-hydrogen) atoms. The van der Waals surface area contributed by atoms with E-state index in [2.05, 4.69) is 10.00 Å². The highest BCUT2D eigenvalue weighted by Crippen LogP contribution is 2.35. The number of benzene rings is 2. The Morgan fingerprint density at radius 1 is 1.03 bits per heavy atom. The van der Waals surface area contributed by atoms with Crippen LogP contribution in [0.4, 0.5) is 13.2 Å². The lowest BCUT2D eigenvalue weighted by atomic mass is 10.1. The average molecular weight is 473 g/mol. The minimum Gasteiger partial charge on any atom is -0.497 e. The number of aryl methyl sites for hydroxylation is 1. The second kappa shape index (κ2) is 9.89. The van der Waals surface area contributed by atoms with Gasteiger partial charge in [-0.25, -0.2) is 4.68 Å². The Bertz CT molecular complexity index is 1140. The third-order valence-corrected chi connectivity index (χ3v) is 6.05. The van der Waals surface area contributed by atoms with Crippen molar-refractivity contribution < 1.29 is 22.7 Å². The van der Waals surface area contributed by atoms with Crippen molar-refractivity contribution in [1.82, 2.24) is 19.6 Å². The number of nitrogens with zero attached hydrogens (tertiary/aromatic N) is 4. The quantitative estimate of drug-likeness (QED) is 0.547. The van der Waals surface area contributed by atoms with E-state index >= 15 is 0 Å². The van der Waals surface area contributed by atoms with E-state index in [9.17, 15) is 18.0 Å². The maximum atomic E-state index is 14.1. The van der Waals surface area contributed by atoms with Gasteiger partial charge in [0, 0.05) is 32.7 Å². The predicted octanol–water partition coefficient (Wildman–Crippen LogP) is 4.56. The van der Waals surface area contributed by atoms with Gasteiger partial charge in [-0.15, -0.1) is 0 Å². The molecule has 1 aliphatic heterocycles. The van der Waals surface area contributed by atoms with Gasteiger partial charge in [-0.2, -0.15) is 18.3 Å². The number of aromatic nitrogens is 2. The van der Waals surface area contributed by atoms with E-state index in [1.165, 1.54) is 4.90 Å². The molecule has 1 aliphatic rings. The second-order valence-corrected chi connectivity index (χ2v) is 8.37. The Balaban J connectivity index is 1.52. The van der Waals surface area contributed by atoms with Crippen molar-refractivity contribution in [1.29, 1.82) is 0 Å². The number of carbonyl (C=O) groups excluding carboxylic acids is 1. The maximum absolute atomic E-state index is 14.1. The van der Waals surface area contributed by atoms with Crippen LogP contribution in [-0.4, -0.2) is 58.8 Å². The summed E-state index contributed by atoms with van der Waals surface area (Å²) in [6.07, 6.45) is -3.01. The average Bonchev–Trinajstić information content (AvgIpc) is 3.14. The van der Waals surface area contributed by atoms with Gasteiger partial charge in [0.1, 0.15) is 5.75 Å². The summed E-state index contributed by atoms with van der Waals surface area (Å²) in [4.78, 5) is 16.9. The molecule has 2 heterocycles. The van der Waals surface area contributed by atoms with Crippen molar-refractivity contribution in [3.8, 4) is 11.4 Å². The van der Waals surface area contributed by atoms with Crippen LogP contribution in [-0.2, 0) is 12.7 Å². The number of hydrogen-bond acceptors (Lipinski definition) is 4. The molecule has 0 atom stereocenters. The molecule has 6 nitrogen and oxygen atoms in total. The van der Waals surface area contributed by atoms with Gasteiger partial charge in [0.15, 0.2) is 5.69 Å². The number of carbonyl (C=O) groups is 1. The van der Waals surface area contributed by atoms with E-state index in [4.69, 9.17) is 4.74 Å². The topological polar surface area (TPSA) is 50.6 Å². The normalized spacial score (nSPS) is 15.3. The van der Waals surface area contributed by atoms with Crippen LogP contribution in [0.5, 0.6) is 5.75 Å². The van der Waals surface area contributed by atoms with Crippen molar-refractivity contribution in [3.05, 3.63) is 77.1 Å². The molecule has 180 valence electrons. The van der Waals surface area contributed by atoms with Crippen molar-refractivity contribution in [2.24, 2.45) is 0 Å². The molecule has 9 heteroatoms. The Morgan fingerprint density at radius 3 is 2.44 bits per heavy atom. The van der Waals surface area contributed by atoms with Gasteiger partial charge in [-0.05, 0) is 42.7 Å². The van der Waals surface area contributed by atoms with E-state index < -0.39 is 23.3 Å². The van der Waals surface area contributed by atoms with Gasteiger partial charge in [0.25, 0.3) is 5.91 Å². The van der Waals surface area contributed by atoms with Crippen LogP contribution in [0.3, 0.4) is 0 Å². The molecular formula is C25H27F3N4O2. The minimum atomic E-state index is -4.73. The highest BCUT2D eigenvalue weighted by atomic mass is 19.4. The molecular weight excluding hydrogens is 445 g/mol. The summed E-state index contributed by atoms with van der Waals surface area (Å²) in [5.74, 6) is 0.140. The van der Waals surface area contributed by atoms with Crippen LogP contribution in [0.15, 0.2) is 54.7 Å². The van der Waals surface area contributed by atoms with Gasteiger partial charge >= 0.3 is 6.18 Å². The first kappa shape index (κ1) is 23.8. The molecule has 0 aliphatic carbocycles. The smallest absolute Gasteiger partial charge is 0.434 e. The van der Waals surface area contributed by atoms with Crippen LogP contribution >= 0.6 is 0 Å². The van der Waals surface area contributed by atoms with E-state index in [1.807, 2.05) is 24.3 Å². The number of alkyl halides is 3. The lowest BCUT2D eigenvalue weighted by molar-refractivity contribution is -0.143. The number of halogens is 3. The van der Waals surface area contributed by atoms with E-state index in [0.717, 1.165) is 28.7 Å². The Morgan fingerprint density at radius 2 is 1.76 bits per heavy atom. The largest absolute Gasteiger partial charge is 0.497 e. The molecule has 2 aromatic carbocycles. The zero-order chi connectivity index (χ0) is 24.3. The number of amides is 1. The Labute approximate surface area is 196 Å². The number of ether oxygens (including phenoxy) is 1. The molecule has 4 rings (SSSR count). The van der Waals surface area contributed by atoms with Crippen LogP contribution < -0.4 is 4.74 Å². The molecule has 3 aromatic rings. The molecule has 0 bridgehead atoms. The van der Waals surface area contributed by atoms with E-state index in [1.54, 1.807) is 38.3 Å². The highest BCUT2D eigenvalue weighted by Gasteiger charge is 2.41. The summed E-state index contributed by atoms with van der Waals surface area (Å²) in [6.45, 7) is 4.48. The minimum absolute atomic E-state index is 0.301. The molecule has 1 amide bonds. The first-order valence-electron chi connectivity index (χ1n) is 11.1. The van der Waals surface area contributed by atoms with E-state index in [-0.39, 0.29) is 0 Å². The summed E-state index contributed by atoms with van der Waals surface area (Å²) < 4.78 is 48.2. The Kier molecular flexibility index (Phi) is 6.92. The fraction of sp³-hybridized carbons (Fsp3) is 0.360. The fourth-order valence-electron chi connectivity index (χ4n) is 4.25. The molecule has 1 fully saturated rings. The molecule has 0 N–H and O–H groups in total. The standard InChI is InChI=1S/C25H27F3N4O2/c1-18-6-3-4-7-22(18)32-23(25(26,27)28)21(16-29-32)24(33)31-13-5-12-30(14-15-31)17-19-8-10-20(34-2)11-9-19/h3-4,6-11,16H,5,12-15,17H2,1-2H3. The van der Waals surface area contributed by atoms with Crippen molar-refractivity contribution in [2.45, 2.75) is 26.1 Å². The number of para-hydroxylation sites is 1. The number of hydrogen-bond donors (Lipinski definition) is 0. The third-order valence-electron chi connectivity index (χ3n) is 6.05. The SMILES string of the molecule is COc1ccc(CN2CCCN(C(=O)c3cnn(-c4ccccc4C)c3C(F)(F)F)CC2)cc1. The molecule has 0 spiro atoms. The van der Waals surface area contributed by atoms with Crippen molar-refractivity contribution >= 4 is 5.91 Å². The summed E-state index contributed by atoms with van der Waals surface area (Å²) in [5, 5.41) is 3.97. The summed E-state index contributed by atoms with van der Waals surface area (Å²) in [7, 11) is 1.62. The molecule has 0 saturated carbocycles. The van der Waals surface area contributed by atoms with Crippen LogP contribution in [0.25, 0.3) is 5.69 Å². The lowest BCUT2D eigenvalue weighted by Gasteiger charge is -2.22. The van der Waals surface area contributed by atoms with Crippen molar-refractivity contribution in [2.75, 3.05) is 33.3 Å². The monoisotopic (exact) mass is 472 g/mol. The molecule has 0 unspecified atom stereocenters. The first-order valence-corrected chi connectivity index (χ1v) is 11.1. The summed E-state index contributed by atoms with van der Waals surface area (Å²) in [5.41, 5.74) is 0.597. The predicted molar refractivity (Wildman–Crippen MR) is 122 cm³/mol. The fourth-order valence-corrected chi connectivity index (χ4v) is 4.25. The van der Waals surface area contributed by atoms with Gasteiger partial charge in [0.05, 0.1) is 24.6 Å². The van der Waals surface area contributed by atoms with Gasteiger partial charge < -0.3 is 9.64 Å². The van der Waals surface area contributed by atoms with Crippen LogP contribution in [0, 0.1) is 6.92 Å². The third kappa shape index (κ3) is 5.09. The zero-order valence-corrected chi connectivity index (χ0v) is 19.2. The number of rotatable bonds is 5. The summed E-state index contributed by atoms with van der Waals surface area (Å²) in [6, 6.07) is 14.4. The second-order valence-electron chi connectivity index (χ2n) is 8.37. The van der Waals surface area contributed by atoms with Gasteiger partial charge in [-0.3, -0.25) is 9.69 Å². The number of methoxy groups -OCH3 is 1. The first-order chi connectivity index (χ1) is 16.3. The van der Waals surface area contributed by atoms with E-state index in [0.29, 0.717) is 43.9 Å². The maximum Gasteiger partial charge on any atom is 0.434 e. The molecule has 1 aromatic heterocycles. The highest BCUT2D eigenvalue weighted by molar-refractivity contribution is 5.95. The Hall–Kier alpha value is -3.33. The van der Waals surface area contributed by atoms with Crippen LogP contribution in [0.1, 0.15) is 33.6 Å². The van der Waals surface area contributed by atoms with Crippen LogP contribution in [0.2, 0.25) is 0 Å². The summed E-state index contributed by atoms with van der Waals surface area (Å²) >= 11 is 0. The lowest BCUT2D eigenvalue weighted by Crippen LogP contribution is -2.36. The molecule has 0 radical (unpaired) electrons. The van der Waals surface area contributed by atoms with Gasteiger partial charge in [-0.1, -0.05) is 30.3 Å². The molecule has 1 saturated heterocycles. The zero-order valence-electron chi connectivity index (χ0n) is 19.2. The van der Waals surface area contributed by atoms with Crippen molar-refractivity contribution in [3.63, 3.8) is 0 Å². The van der Waals surface area contributed by atoms with Gasteiger partial charge in [0.2, 0.25) is 0 Å².